The van der Waals surface area contributed by atoms with Crippen molar-refractivity contribution in [1.29, 1.82) is 0 Å². The number of benzene rings is 1. The molecule has 2 aromatic rings. The molecule has 0 aliphatic carbocycles. The molecular formula is C15H18N2. The van der Waals surface area contributed by atoms with E-state index in [4.69, 9.17) is 0 Å². The Kier molecular flexibility index (Phi) is 4.25. The van der Waals surface area contributed by atoms with Crippen molar-refractivity contribution >= 4 is 0 Å². The van der Waals surface area contributed by atoms with Gasteiger partial charge in [0.15, 0.2) is 5.82 Å². The van der Waals surface area contributed by atoms with Gasteiger partial charge in [-0.15, -0.1) is 0 Å². The van der Waals surface area contributed by atoms with E-state index in [0.29, 0.717) is 0 Å². The summed E-state index contributed by atoms with van der Waals surface area (Å²) in [6, 6.07) is 10.4. The highest BCUT2D eigenvalue weighted by atomic mass is 14.8. The van der Waals surface area contributed by atoms with E-state index in [-0.39, 0.29) is 0 Å². The minimum Gasteiger partial charge on any atom is -0.237 e. The molecule has 0 saturated carbocycles. The Hall–Kier alpha value is -1.70. The van der Waals surface area contributed by atoms with E-state index < -0.39 is 0 Å². The number of nitrogens with zero attached hydrogens (tertiary/aromatic N) is 2. The van der Waals surface area contributed by atoms with Crippen molar-refractivity contribution in [2.24, 2.45) is 0 Å². The maximum atomic E-state index is 4.24. The maximum Gasteiger partial charge on any atom is 0.159 e. The van der Waals surface area contributed by atoms with Gasteiger partial charge in [-0.25, -0.2) is 9.97 Å². The lowest BCUT2D eigenvalue weighted by Gasteiger charge is -2.03. The molecule has 88 valence electrons. The van der Waals surface area contributed by atoms with Crippen LogP contribution in [0.15, 0.2) is 42.7 Å². The third kappa shape index (κ3) is 3.38. The van der Waals surface area contributed by atoms with Crippen LogP contribution in [0.5, 0.6) is 0 Å². The number of hydrogen-bond acceptors (Lipinski definition) is 2. The third-order valence-electron chi connectivity index (χ3n) is 2.85. The summed E-state index contributed by atoms with van der Waals surface area (Å²) in [7, 11) is 0. The molecule has 2 rings (SSSR count). The summed E-state index contributed by atoms with van der Waals surface area (Å²) in [5.74, 6) is 0.799. The van der Waals surface area contributed by atoms with E-state index in [1.807, 2.05) is 6.07 Å². The van der Waals surface area contributed by atoms with Crippen molar-refractivity contribution in [2.45, 2.75) is 32.6 Å². The normalized spacial score (nSPS) is 10.4. The fourth-order valence-electron chi connectivity index (χ4n) is 1.85. The molecule has 0 atom stereocenters. The molecule has 0 bridgehead atoms. The first-order chi connectivity index (χ1) is 8.40. The van der Waals surface area contributed by atoms with Gasteiger partial charge in [-0.1, -0.05) is 44.0 Å². The Labute approximate surface area is 103 Å². The molecule has 1 aromatic carbocycles. The van der Waals surface area contributed by atoms with Crippen LogP contribution >= 0.6 is 0 Å². The minimum absolute atomic E-state index is 0.799. The maximum absolute atomic E-state index is 4.24. The summed E-state index contributed by atoms with van der Waals surface area (Å²) in [6.07, 6.45) is 8.58. The molecule has 2 nitrogen and oxygen atoms in total. The fourth-order valence-corrected chi connectivity index (χ4v) is 1.85. The molecule has 1 aromatic heterocycles. The third-order valence-corrected chi connectivity index (χ3v) is 2.85. The molecule has 17 heavy (non-hydrogen) atoms. The standard InChI is InChI=1S/C15H18N2/c1-2-3-4-6-13-7-9-14(10-8-13)15-16-11-5-12-17-15/h5,7-12H,2-4,6H2,1H3. The molecule has 0 N–H and O–H groups in total. The molecule has 0 radical (unpaired) electrons. The van der Waals surface area contributed by atoms with Crippen LogP contribution in [0, 0.1) is 0 Å². The summed E-state index contributed by atoms with van der Waals surface area (Å²) < 4.78 is 0. The monoisotopic (exact) mass is 226 g/mol. The van der Waals surface area contributed by atoms with Crippen LogP contribution in [0.1, 0.15) is 31.7 Å². The van der Waals surface area contributed by atoms with Crippen LogP contribution in [0.25, 0.3) is 11.4 Å². The second-order valence-corrected chi connectivity index (χ2v) is 4.23. The Balaban J connectivity index is 2.03. The van der Waals surface area contributed by atoms with Gasteiger partial charge in [0.2, 0.25) is 0 Å². The van der Waals surface area contributed by atoms with Gasteiger partial charge in [-0.2, -0.15) is 0 Å². The van der Waals surface area contributed by atoms with Crippen molar-refractivity contribution in [2.75, 3.05) is 0 Å². The SMILES string of the molecule is CCCCCc1ccc(-c2ncccn2)cc1. The Bertz CT molecular complexity index is 434. The zero-order chi connectivity index (χ0) is 11.9. The van der Waals surface area contributed by atoms with Crippen molar-refractivity contribution in [1.82, 2.24) is 9.97 Å². The van der Waals surface area contributed by atoms with Gasteiger partial charge in [-0.3, -0.25) is 0 Å². The van der Waals surface area contributed by atoms with Crippen LogP contribution < -0.4 is 0 Å². The van der Waals surface area contributed by atoms with Gasteiger partial charge in [0.05, 0.1) is 0 Å². The first-order valence-corrected chi connectivity index (χ1v) is 6.26. The quantitative estimate of drug-likeness (QED) is 0.723. The van der Waals surface area contributed by atoms with Crippen molar-refractivity contribution in [3.8, 4) is 11.4 Å². The van der Waals surface area contributed by atoms with Gasteiger partial charge in [-0.05, 0) is 24.5 Å². The Morgan fingerprint density at radius 3 is 2.29 bits per heavy atom. The molecule has 0 unspecified atom stereocenters. The lowest BCUT2D eigenvalue weighted by molar-refractivity contribution is 0.717. The lowest BCUT2D eigenvalue weighted by Crippen LogP contribution is -1.89. The molecule has 0 amide bonds. The highest BCUT2D eigenvalue weighted by molar-refractivity contribution is 5.54. The molecule has 1 heterocycles. The Morgan fingerprint density at radius 1 is 0.941 bits per heavy atom. The molecule has 0 spiro atoms. The van der Waals surface area contributed by atoms with Crippen LogP contribution in [-0.2, 0) is 6.42 Å². The first kappa shape index (κ1) is 11.8. The van der Waals surface area contributed by atoms with Gasteiger partial charge in [0.25, 0.3) is 0 Å². The van der Waals surface area contributed by atoms with E-state index in [9.17, 15) is 0 Å². The van der Waals surface area contributed by atoms with E-state index in [1.165, 1.54) is 31.2 Å². The predicted octanol–water partition coefficient (Wildman–Crippen LogP) is 3.88. The van der Waals surface area contributed by atoms with Gasteiger partial charge in [0, 0.05) is 18.0 Å². The number of aryl methyl sites for hydroxylation is 1. The highest BCUT2D eigenvalue weighted by Gasteiger charge is 1.99. The average Bonchev–Trinajstić information content (AvgIpc) is 2.41. The van der Waals surface area contributed by atoms with Gasteiger partial charge in [0.1, 0.15) is 0 Å². The molecule has 0 aliphatic heterocycles. The van der Waals surface area contributed by atoms with E-state index in [1.54, 1.807) is 12.4 Å². The van der Waals surface area contributed by atoms with Crippen LogP contribution in [0.2, 0.25) is 0 Å². The molecular weight excluding hydrogens is 208 g/mol. The van der Waals surface area contributed by atoms with Gasteiger partial charge < -0.3 is 0 Å². The number of unbranched alkanes of at least 4 members (excludes halogenated alkanes) is 2. The number of aromatic nitrogens is 2. The molecule has 0 aliphatic rings. The molecule has 2 heteroatoms. The van der Waals surface area contributed by atoms with Crippen LogP contribution in [0.4, 0.5) is 0 Å². The largest absolute Gasteiger partial charge is 0.237 e. The minimum atomic E-state index is 0.799. The van der Waals surface area contributed by atoms with Crippen molar-refractivity contribution in [3.05, 3.63) is 48.3 Å². The van der Waals surface area contributed by atoms with Crippen molar-refractivity contribution in [3.63, 3.8) is 0 Å². The van der Waals surface area contributed by atoms with E-state index in [2.05, 4.69) is 41.2 Å². The smallest absolute Gasteiger partial charge is 0.159 e. The topological polar surface area (TPSA) is 25.8 Å². The van der Waals surface area contributed by atoms with E-state index in [0.717, 1.165) is 11.4 Å². The van der Waals surface area contributed by atoms with Crippen molar-refractivity contribution < 1.29 is 0 Å². The summed E-state index contributed by atoms with van der Waals surface area (Å²) in [4.78, 5) is 8.49. The fraction of sp³-hybridized carbons (Fsp3) is 0.333. The molecule has 0 fully saturated rings. The lowest BCUT2D eigenvalue weighted by atomic mass is 10.1. The first-order valence-electron chi connectivity index (χ1n) is 6.26. The second kappa shape index (κ2) is 6.14. The highest BCUT2D eigenvalue weighted by Crippen LogP contribution is 2.15. The zero-order valence-electron chi connectivity index (χ0n) is 10.3. The molecule has 0 saturated heterocycles. The number of hydrogen-bond donors (Lipinski definition) is 0. The number of rotatable bonds is 5. The predicted molar refractivity (Wildman–Crippen MR) is 70.7 cm³/mol. The zero-order valence-corrected chi connectivity index (χ0v) is 10.3. The Morgan fingerprint density at radius 2 is 1.65 bits per heavy atom. The summed E-state index contributed by atoms with van der Waals surface area (Å²) in [5, 5.41) is 0. The average molecular weight is 226 g/mol. The summed E-state index contributed by atoms with van der Waals surface area (Å²) in [5.41, 5.74) is 2.49. The van der Waals surface area contributed by atoms with Crippen LogP contribution in [-0.4, -0.2) is 9.97 Å². The van der Waals surface area contributed by atoms with Gasteiger partial charge >= 0.3 is 0 Å². The summed E-state index contributed by atoms with van der Waals surface area (Å²) in [6.45, 7) is 2.23. The second-order valence-electron chi connectivity index (χ2n) is 4.23. The van der Waals surface area contributed by atoms with E-state index >= 15 is 0 Å². The summed E-state index contributed by atoms with van der Waals surface area (Å²) >= 11 is 0. The van der Waals surface area contributed by atoms with Crippen LogP contribution in [0.3, 0.4) is 0 Å².